The number of carbonyl (C=O) groups excluding carboxylic acids is 2. The van der Waals surface area contributed by atoms with Crippen LogP contribution in [0.15, 0.2) is 60.7 Å². The molecular formula is C23H27N3O2. The Morgan fingerprint density at radius 2 is 1.46 bits per heavy atom. The molecule has 2 saturated heterocycles. The minimum absolute atomic E-state index is 0.0413. The molecule has 0 spiro atoms. The Morgan fingerprint density at radius 1 is 0.893 bits per heavy atom. The maximum Gasteiger partial charge on any atom is 0.242 e. The Kier molecular flexibility index (Phi) is 5.44. The summed E-state index contributed by atoms with van der Waals surface area (Å²) in [5.41, 5.74) is 1.29. The van der Waals surface area contributed by atoms with Crippen LogP contribution in [0.25, 0.3) is 0 Å². The Balaban J connectivity index is 1.65. The van der Waals surface area contributed by atoms with E-state index in [-0.39, 0.29) is 18.4 Å². The van der Waals surface area contributed by atoms with Gasteiger partial charge in [-0.15, -0.1) is 0 Å². The van der Waals surface area contributed by atoms with Crippen molar-refractivity contribution in [2.24, 2.45) is 0 Å². The SMILES string of the molecule is O=C(CN1CCCC(c2ccccc2)(c2ccccc2)C1=O)N1CCNCC1. The molecule has 146 valence electrons. The van der Waals surface area contributed by atoms with E-state index in [0.29, 0.717) is 19.6 Å². The fourth-order valence-corrected chi connectivity index (χ4v) is 4.49. The van der Waals surface area contributed by atoms with E-state index in [1.54, 1.807) is 4.90 Å². The van der Waals surface area contributed by atoms with Crippen LogP contribution in [0.1, 0.15) is 24.0 Å². The van der Waals surface area contributed by atoms with Crippen LogP contribution < -0.4 is 5.32 Å². The predicted molar refractivity (Wildman–Crippen MR) is 109 cm³/mol. The highest BCUT2D eigenvalue weighted by molar-refractivity contribution is 5.95. The number of piperidine rings is 1. The highest BCUT2D eigenvalue weighted by Crippen LogP contribution is 2.41. The normalized spacial score (nSPS) is 19.5. The Labute approximate surface area is 166 Å². The first-order valence-corrected chi connectivity index (χ1v) is 10.1. The van der Waals surface area contributed by atoms with Gasteiger partial charge in [0.15, 0.2) is 0 Å². The minimum atomic E-state index is -0.718. The molecule has 28 heavy (non-hydrogen) atoms. The highest BCUT2D eigenvalue weighted by Gasteiger charge is 2.47. The van der Waals surface area contributed by atoms with Gasteiger partial charge in [-0.25, -0.2) is 0 Å². The van der Waals surface area contributed by atoms with Crippen LogP contribution >= 0.6 is 0 Å². The third kappa shape index (κ3) is 3.42. The summed E-state index contributed by atoms with van der Waals surface area (Å²) in [5.74, 6) is 0.0893. The third-order valence-corrected chi connectivity index (χ3v) is 5.96. The first kappa shape index (κ1) is 18.7. The number of hydrogen-bond donors (Lipinski definition) is 1. The molecule has 2 amide bonds. The largest absolute Gasteiger partial charge is 0.339 e. The van der Waals surface area contributed by atoms with Crippen molar-refractivity contribution in [3.63, 3.8) is 0 Å². The zero-order valence-electron chi connectivity index (χ0n) is 16.1. The van der Waals surface area contributed by atoms with Crippen molar-refractivity contribution in [2.45, 2.75) is 18.3 Å². The molecule has 2 aliphatic rings. The van der Waals surface area contributed by atoms with Crippen molar-refractivity contribution in [1.29, 1.82) is 0 Å². The zero-order chi connectivity index (χ0) is 19.4. The molecular weight excluding hydrogens is 350 g/mol. The molecule has 2 heterocycles. The topological polar surface area (TPSA) is 52.7 Å². The second kappa shape index (κ2) is 8.15. The molecule has 0 aromatic heterocycles. The van der Waals surface area contributed by atoms with Crippen molar-refractivity contribution in [3.05, 3.63) is 71.8 Å². The van der Waals surface area contributed by atoms with E-state index in [4.69, 9.17) is 0 Å². The van der Waals surface area contributed by atoms with E-state index in [2.05, 4.69) is 5.32 Å². The molecule has 1 N–H and O–H groups in total. The lowest BCUT2D eigenvalue weighted by Gasteiger charge is -2.43. The van der Waals surface area contributed by atoms with Crippen molar-refractivity contribution >= 4 is 11.8 Å². The molecule has 2 aromatic rings. The smallest absolute Gasteiger partial charge is 0.242 e. The summed E-state index contributed by atoms with van der Waals surface area (Å²) < 4.78 is 0. The third-order valence-electron chi connectivity index (χ3n) is 5.96. The molecule has 5 nitrogen and oxygen atoms in total. The molecule has 2 aliphatic heterocycles. The van der Waals surface area contributed by atoms with Gasteiger partial charge in [-0.2, -0.15) is 0 Å². The van der Waals surface area contributed by atoms with Crippen LogP contribution in [-0.2, 0) is 15.0 Å². The first-order valence-electron chi connectivity index (χ1n) is 10.1. The van der Waals surface area contributed by atoms with Gasteiger partial charge in [-0.3, -0.25) is 9.59 Å². The minimum Gasteiger partial charge on any atom is -0.339 e. The van der Waals surface area contributed by atoms with E-state index in [9.17, 15) is 9.59 Å². The maximum atomic E-state index is 13.8. The Morgan fingerprint density at radius 3 is 2.04 bits per heavy atom. The summed E-state index contributed by atoms with van der Waals surface area (Å²) in [7, 11) is 0. The van der Waals surface area contributed by atoms with E-state index in [1.807, 2.05) is 65.6 Å². The second-order valence-electron chi connectivity index (χ2n) is 7.60. The standard InChI is InChI=1S/C23H27N3O2/c27-21(25-16-13-24-14-17-25)18-26-15-7-12-23(22(26)28,19-8-3-1-4-9-19)20-10-5-2-6-11-20/h1-6,8-11,24H,7,12-18H2. The molecule has 0 saturated carbocycles. The van der Waals surface area contributed by atoms with Crippen molar-refractivity contribution < 1.29 is 9.59 Å². The van der Waals surface area contributed by atoms with Gasteiger partial charge in [0.05, 0.1) is 12.0 Å². The summed E-state index contributed by atoms with van der Waals surface area (Å²) in [6, 6.07) is 20.0. The molecule has 0 unspecified atom stereocenters. The van der Waals surface area contributed by atoms with Crippen LogP contribution in [0.5, 0.6) is 0 Å². The average Bonchev–Trinajstić information content (AvgIpc) is 2.77. The van der Waals surface area contributed by atoms with Crippen LogP contribution in [0.2, 0.25) is 0 Å². The summed E-state index contributed by atoms with van der Waals surface area (Å²) in [4.78, 5) is 30.2. The number of rotatable bonds is 4. The van der Waals surface area contributed by atoms with Gasteiger partial charge in [0.1, 0.15) is 0 Å². The van der Waals surface area contributed by atoms with Gasteiger partial charge < -0.3 is 15.1 Å². The number of amides is 2. The summed E-state index contributed by atoms with van der Waals surface area (Å²) >= 11 is 0. The summed E-state index contributed by atoms with van der Waals surface area (Å²) in [6.07, 6.45) is 1.64. The van der Waals surface area contributed by atoms with E-state index < -0.39 is 5.41 Å². The van der Waals surface area contributed by atoms with Gasteiger partial charge in [0, 0.05) is 32.7 Å². The maximum absolute atomic E-state index is 13.8. The average molecular weight is 377 g/mol. The van der Waals surface area contributed by atoms with Crippen molar-refractivity contribution in [2.75, 3.05) is 39.3 Å². The lowest BCUT2D eigenvalue weighted by molar-refractivity contribution is -0.145. The molecule has 4 rings (SSSR count). The fourth-order valence-electron chi connectivity index (χ4n) is 4.49. The van der Waals surface area contributed by atoms with Crippen LogP contribution in [-0.4, -0.2) is 60.9 Å². The Bertz CT molecular complexity index is 777. The molecule has 5 heteroatoms. The van der Waals surface area contributed by atoms with E-state index in [0.717, 1.165) is 37.1 Å². The monoisotopic (exact) mass is 377 g/mol. The predicted octanol–water partition coefficient (Wildman–Crippen LogP) is 2.03. The van der Waals surface area contributed by atoms with Crippen LogP contribution in [0, 0.1) is 0 Å². The fraction of sp³-hybridized carbons (Fsp3) is 0.391. The molecule has 0 bridgehead atoms. The number of benzene rings is 2. The Hall–Kier alpha value is -2.66. The lowest BCUT2D eigenvalue weighted by atomic mass is 9.68. The summed E-state index contributed by atoms with van der Waals surface area (Å²) in [6.45, 7) is 3.86. The lowest BCUT2D eigenvalue weighted by Crippen LogP contribution is -2.56. The molecule has 0 aliphatic carbocycles. The van der Waals surface area contributed by atoms with Gasteiger partial charge in [0.2, 0.25) is 11.8 Å². The zero-order valence-corrected chi connectivity index (χ0v) is 16.1. The van der Waals surface area contributed by atoms with Crippen LogP contribution in [0.4, 0.5) is 0 Å². The van der Waals surface area contributed by atoms with Gasteiger partial charge in [-0.1, -0.05) is 60.7 Å². The number of nitrogens with one attached hydrogen (secondary N) is 1. The molecule has 2 fully saturated rings. The van der Waals surface area contributed by atoms with E-state index in [1.165, 1.54) is 0 Å². The van der Waals surface area contributed by atoms with E-state index >= 15 is 0 Å². The number of carbonyl (C=O) groups is 2. The highest BCUT2D eigenvalue weighted by atomic mass is 16.2. The summed E-state index contributed by atoms with van der Waals surface area (Å²) in [5, 5.41) is 3.26. The molecule has 0 atom stereocenters. The van der Waals surface area contributed by atoms with Gasteiger partial charge in [0.25, 0.3) is 0 Å². The second-order valence-corrected chi connectivity index (χ2v) is 7.60. The quantitative estimate of drug-likeness (QED) is 0.887. The van der Waals surface area contributed by atoms with Gasteiger partial charge >= 0.3 is 0 Å². The van der Waals surface area contributed by atoms with Crippen LogP contribution in [0.3, 0.4) is 0 Å². The number of likely N-dealkylation sites (tertiary alicyclic amines) is 1. The molecule has 2 aromatic carbocycles. The van der Waals surface area contributed by atoms with Gasteiger partial charge in [-0.05, 0) is 24.0 Å². The number of nitrogens with zero attached hydrogens (tertiary/aromatic N) is 2. The number of hydrogen-bond acceptors (Lipinski definition) is 3. The van der Waals surface area contributed by atoms with Crippen molar-refractivity contribution in [1.82, 2.24) is 15.1 Å². The van der Waals surface area contributed by atoms with Crippen molar-refractivity contribution in [3.8, 4) is 0 Å². The molecule has 0 radical (unpaired) electrons. The first-order chi connectivity index (χ1) is 13.7. The number of piperazine rings is 1.